The van der Waals surface area contributed by atoms with E-state index in [0.717, 1.165) is 29.2 Å². The first-order valence-corrected chi connectivity index (χ1v) is 9.78. The first kappa shape index (κ1) is 17.1. The minimum atomic E-state index is -0.418. The van der Waals surface area contributed by atoms with Gasteiger partial charge in [0, 0.05) is 12.2 Å². The summed E-state index contributed by atoms with van der Waals surface area (Å²) < 4.78 is 1.83. The Balaban J connectivity index is 1.59. The van der Waals surface area contributed by atoms with Gasteiger partial charge >= 0.3 is 0 Å². The van der Waals surface area contributed by atoms with Gasteiger partial charge in [-0.2, -0.15) is 5.10 Å². The summed E-state index contributed by atoms with van der Waals surface area (Å²) >= 11 is 1.70. The van der Waals surface area contributed by atoms with Gasteiger partial charge in [0.25, 0.3) is 0 Å². The molecule has 26 heavy (non-hydrogen) atoms. The number of nitrogens with zero attached hydrogens (tertiary/aromatic N) is 3. The predicted octanol–water partition coefficient (Wildman–Crippen LogP) is 2.88. The monoisotopic (exact) mass is 370 g/mol. The zero-order valence-electron chi connectivity index (χ0n) is 15.2. The smallest absolute Gasteiger partial charge is 0.248 e. The molecule has 0 unspecified atom stereocenters. The van der Waals surface area contributed by atoms with Crippen LogP contribution < -0.4 is 5.32 Å². The molecule has 4 rings (SSSR count). The van der Waals surface area contributed by atoms with Crippen LogP contribution in [0.5, 0.6) is 0 Å². The van der Waals surface area contributed by atoms with Gasteiger partial charge in [-0.15, -0.1) is 11.8 Å². The van der Waals surface area contributed by atoms with Crippen LogP contribution in [0.15, 0.2) is 30.3 Å². The van der Waals surface area contributed by atoms with Crippen molar-refractivity contribution in [3.8, 4) is 5.69 Å². The van der Waals surface area contributed by atoms with Crippen LogP contribution in [-0.2, 0) is 9.59 Å². The summed E-state index contributed by atoms with van der Waals surface area (Å²) in [5, 5.41) is 7.60. The van der Waals surface area contributed by atoms with Crippen molar-refractivity contribution in [3.63, 3.8) is 0 Å². The fourth-order valence-electron chi connectivity index (χ4n) is 3.87. The molecule has 7 heteroatoms. The van der Waals surface area contributed by atoms with E-state index in [-0.39, 0.29) is 16.7 Å². The zero-order valence-corrected chi connectivity index (χ0v) is 16.0. The van der Waals surface area contributed by atoms with Gasteiger partial charge in [0.05, 0.1) is 27.6 Å². The molecular formula is C19H22N4O2S. The fourth-order valence-corrected chi connectivity index (χ4v) is 5.30. The number of carbonyl (C=O) groups excluding carboxylic acids is 2. The molecule has 0 saturated carbocycles. The molecule has 0 bridgehead atoms. The summed E-state index contributed by atoms with van der Waals surface area (Å²) in [4.78, 5) is 26.7. The second-order valence-electron chi connectivity index (χ2n) is 7.05. The Morgan fingerprint density at radius 2 is 2.04 bits per heavy atom. The summed E-state index contributed by atoms with van der Waals surface area (Å²) in [7, 11) is 0. The van der Waals surface area contributed by atoms with Crippen molar-refractivity contribution in [2.75, 3.05) is 11.1 Å². The van der Waals surface area contributed by atoms with Gasteiger partial charge in [-0.05, 0) is 39.3 Å². The van der Waals surface area contributed by atoms with Gasteiger partial charge < -0.3 is 10.2 Å². The number of rotatable bonds is 3. The largest absolute Gasteiger partial charge is 0.321 e. The number of carbonyl (C=O) groups is 2. The first-order valence-electron chi connectivity index (χ1n) is 8.79. The number of hydrogen-bond donors (Lipinski definition) is 1. The number of fused-ring (bicyclic) bond motifs is 1. The van der Waals surface area contributed by atoms with Gasteiger partial charge in [-0.1, -0.05) is 18.2 Å². The quantitative estimate of drug-likeness (QED) is 0.902. The highest BCUT2D eigenvalue weighted by molar-refractivity contribution is 8.01. The number of nitrogens with one attached hydrogen (secondary N) is 1. The molecule has 6 nitrogen and oxygen atoms in total. The van der Waals surface area contributed by atoms with Crippen molar-refractivity contribution in [1.82, 2.24) is 14.7 Å². The van der Waals surface area contributed by atoms with E-state index in [0.29, 0.717) is 12.2 Å². The highest BCUT2D eigenvalue weighted by Gasteiger charge is 2.53. The molecule has 1 aromatic carbocycles. The lowest BCUT2D eigenvalue weighted by Crippen LogP contribution is -2.48. The van der Waals surface area contributed by atoms with Crippen LogP contribution in [0.4, 0.5) is 5.69 Å². The second-order valence-corrected chi connectivity index (χ2v) is 8.55. The maximum atomic E-state index is 12.9. The Bertz CT molecular complexity index is 879. The summed E-state index contributed by atoms with van der Waals surface area (Å²) in [5.74, 6) is 0.584. The van der Waals surface area contributed by atoms with E-state index in [9.17, 15) is 9.59 Å². The molecule has 2 fully saturated rings. The minimum absolute atomic E-state index is 0.0751. The number of benzene rings is 1. The van der Waals surface area contributed by atoms with Crippen LogP contribution in [0.25, 0.3) is 5.69 Å². The molecule has 3 heterocycles. The first-order chi connectivity index (χ1) is 12.4. The van der Waals surface area contributed by atoms with Gasteiger partial charge in [-0.3, -0.25) is 9.59 Å². The average molecular weight is 370 g/mol. The predicted molar refractivity (Wildman–Crippen MR) is 102 cm³/mol. The van der Waals surface area contributed by atoms with Crippen LogP contribution in [0.2, 0.25) is 0 Å². The molecule has 2 aliphatic rings. The summed E-state index contributed by atoms with van der Waals surface area (Å²) in [6.45, 7) is 5.88. The molecule has 0 spiro atoms. The minimum Gasteiger partial charge on any atom is -0.321 e. The lowest BCUT2D eigenvalue weighted by Gasteiger charge is -2.29. The highest BCUT2D eigenvalue weighted by Crippen LogP contribution is 2.47. The van der Waals surface area contributed by atoms with Gasteiger partial charge in [0.2, 0.25) is 11.8 Å². The molecule has 2 aliphatic heterocycles. The normalized spacial score (nSPS) is 24.8. The van der Waals surface area contributed by atoms with E-state index in [1.807, 2.05) is 48.9 Å². The number of thioether (sulfide) groups is 1. The molecule has 2 atom stereocenters. The Hall–Kier alpha value is -2.28. The topological polar surface area (TPSA) is 67.2 Å². The average Bonchev–Trinajstić information content (AvgIpc) is 3.22. The standard InChI is InChI=1S/C19H22N4O2S/c1-12-17(13(2)23(21-12)14-7-5-4-6-8-14)20-18(25)15-11-26-19(3)10-9-16(24)22(15)19/h4-8,15H,9-11H2,1-3H3,(H,20,25)/t15-,19+/m1/s1. The van der Waals surface area contributed by atoms with E-state index in [2.05, 4.69) is 17.3 Å². The van der Waals surface area contributed by atoms with Crippen LogP contribution in [0.1, 0.15) is 31.2 Å². The lowest BCUT2D eigenvalue weighted by atomic mass is 10.2. The van der Waals surface area contributed by atoms with Crippen molar-refractivity contribution in [2.45, 2.75) is 44.5 Å². The molecule has 2 aromatic rings. The Morgan fingerprint density at radius 3 is 2.77 bits per heavy atom. The van der Waals surface area contributed by atoms with Crippen LogP contribution in [-0.4, -0.2) is 43.2 Å². The third-order valence-corrected chi connectivity index (χ3v) is 6.79. The molecule has 0 aliphatic carbocycles. The summed E-state index contributed by atoms with van der Waals surface area (Å²) in [6, 6.07) is 9.41. The van der Waals surface area contributed by atoms with Gasteiger partial charge in [0.15, 0.2) is 0 Å². The van der Waals surface area contributed by atoms with E-state index < -0.39 is 6.04 Å². The maximum absolute atomic E-state index is 12.9. The van der Waals surface area contributed by atoms with E-state index in [1.165, 1.54) is 0 Å². The molecule has 1 N–H and O–H groups in total. The third-order valence-electron chi connectivity index (χ3n) is 5.29. The van der Waals surface area contributed by atoms with E-state index in [1.54, 1.807) is 16.7 Å². The number of anilines is 1. The Morgan fingerprint density at radius 1 is 1.31 bits per heavy atom. The van der Waals surface area contributed by atoms with Gasteiger partial charge in [-0.25, -0.2) is 4.68 Å². The van der Waals surface area contributed by atoms with Crippen LogP contribution in [0.3, 0.4) is 0 Å². The van der Waals surface area contributed by atoms with Crippen molar-refractivity contribution >= 4 is 29.3 Å². The van der Waals surface area contributed by atoms with Gasteiger partial charge in [0.1, 0.15) is 6.04 Å². The Kier molecular flexibility index (Phi) is 4.06. The second kappa shape index (κ2) is 6.16. The SMILES string of the molecule is Cc1nn(-c2ccccc2)c(C)c1NC(=O)[C@H]1CS[C@@]2(C)CCC(=O)N12. The molecule has 0 radical (unpaired) electrons. The number of aryl methyl sites for hydroxylation is 1. The molecule has 1 aromatic heterocycles. The van der Waals surface area contributed by atoms with Crippen molar-refractivity contribution in [1.29, 1.82) is 0 Å². The zero-order chi connectivity index (χ0) is 18.5. The summed E-state index contributed by atoms with van der Waals surface area (Å²) in [6.07, 6.45) is 1.33. The number of aromatic nitrogens is 2. The van der Waals surface area contributed by atoms with Crippen molar-refractivity contribution < 1.29 is 9.59 Å². The van der Waals surface area contributed by atoms with Crippen LogP contribution in [0, 0.1) is 13.8 Å². The molecule has 2 amide bonds. The molecule has 136 valence electrons. The summed E-state index contributed by atoms with van der Waals surface area (Å²) in [5.41, 5.74) is 3.32. The highest BCUT2D eigenvalue weighted by atomic mass is 32.2. The molecule has 2 saturated heterocycles. The number of amides is 2. The van der Waals surface area contributed by atoms with Crippen LogP contribution >= 0.6 is 11.8 Å². The number of hydrogen-bond acceptors (Lipinski definition) is 4. The maximum Gasteiger partial charge on any atom is 0.248 e. The van der Waals surface area contributed by atoms with Crippen molar-refractivity contribution in [3.05, 3.63) is 41.7 Å². The third kappa shape index (κ3) is 2.61. The fraction of sp³-hybridized carbons (Fsp3) is 0.421. The Labute approximate surface area is 156 Å². The number of para-hydroxylation sites is 1. The van der Waals surface area contributed by atoms with Crippen molar-refractivity contribution in [2.24, 2.45) is 0 Å². The molecular weight excluding hydrogens is 348 g/mol. The lowest BCUT2D eigenvalue weighted by molar-refractivity contribution is -0.135. The van der Waals surface area contributed by atoms with E-state index >= 15 is 0 Å². The van der Waals surface area contributed by atoms with E-state index in [4.69, 9.17) is 0 Å².